The van der Waals surface area contributed by atoms with Crippen molar-refractivity contribution in [1.82, 2.24) is 9.97 Å². The summed E-state index contributed by atoms with van der Waals surface area (Å²) < 4.78 is 39.3. The average Bonchev–Trinajstić information content (AvgIpc) is 2.39. The highest BCUT2D eigenvalue weighted by Crippen LogP contribution is 2.23. The first-order valence-corrected chi connectivity index (χ1v) is 5.83. The van der Waals surface area contributed by atoms with Crippen molar-refractivity contribution >= 4 is 23.1 Å². The SMILES string of the molecule is CCc1nc(Cl)cc(Nc2ccc(F)c(F)c2F)n1. The van der Waals surface area contributed by atoms with Crippen molar-refractivity contribution in [1.29, 1.82) is 0 Å². The molecule has 1 heterocycles. The summed E-state index contributed by atoms with van der Waals surface area (Å²) in [6.45, 7) is 1.83. The summed E-state index contributed by atoms with van der Waals surface area (Å²) in [5.74, 6) is -3.44. The molecule has 1 N–H and O–H groups in total. The summed E-state index contributed by atoms with van der Waals surface area (Å²) in [4.78, 5) is 7.99. The summed E-state index contributed by atoms with van der Waals surface area (Å²) in [6, 6.07) is 3.26. The quantitative estimate of drug-likeness (QED) is 0.688. The number of halogens is 4. The molecule has 19 heavy (non-hydrogen) atoms. The molecule has 0 radical (unpaired) electrons. The van der Waals surface area contributed by atoms with Crippen molar-refractivity contribution in [3.8, 4) is 0 Å². The van der Waals surface area contributed by atoms with E-state index in [2.05, 4.69) is 15.3 Å². The summed E-state index contributed by atoms with van der Waals surface area (Å²) >= 11 is 5.77. The standard InChI is InChI=1S/C12H9ClF3N3/c1-2-9-18-8(13)5-10(19-9)17-7-4-3-6(14)11(15)12(7)16/h3-5H,2H2,1H3,(H,17,18,19). The van der Waals surface area contributed by atoms with Crippen molar-refractivity contribution in [2.45, 2.75) is 13.3 Å². The van der Waals surface area contributed by atoms with Crippen LogP contribution in [0.4, 0.5) is 24.7 Å². The molecule has 0 atom stereocenters. The van der Waals surface area contributed by atoms with Gasteiger partial charge in [0.2, 0.25) is 0 Å². The van der Waals surface area contributed by atoms with E-state index in [1.165, 1.54) is 6.07 Å². The fourth-order valence-electron chi connectivity index (χ4n) is 1.45. The van der Waals surface area contributed by atoms with E-state index >= 15 is 0 Å². The van der Waals surface area contributed by atoms with Gasteiger partial charge < -0.3 is 5.32 Å². The molecular formula is C12H9ClF3N3. The molecule has 0 saturated carbocycles. The lowest BCUT2D eigenvalue weighted by Crippen LogP contribution is -2.03. The minimum Gasteiger partial charge on any atom is -0.338 e. The molecule has 100 valence electrons. The van der Waals surface area contributed by atoms with Crippen molar-refractivity contribution in [3.63, 3.8) is 0 Å². The Morgan fingerprint density at radius 2 is 1.89 bits per heavy atom. The molecule has 0 saturated heterocycles. The van der Waals surface area contributed by atoms with Crippen molar-refractivity contribution in [3.05, 3.63) is 46.6 Å². The Morgan fingerprint density at radius 3 is 2.58 bits per heavy atom. The van der Waals surface area contributed by atoms with Gasteiger partial charge in [-0.25, -0.2) is 23.1 Å². The number of nitrogens with one attached hydrogen (secondary N) is 1. The van der Waals surface area contributed by atoms with Crippen molar-refractivity contribution in [2.24, 2.45) is 0 Å². The average molecular weight is 288 g/mol. The van der Waals surface area contributed by atoms with E-state index in [4.69, 9.17) is 11.6 Å². The molecular weight excluding hydrogens is 279 g/mol. The van der Waals surface area contributed by atoms with Crippen LogP contribution in [0.3, 0.4) is 0 Å². The third kappa shape index (κ3) is 2.96. The maximum atomic E-state index is 13.5. The molecule has 0 aliphatic rings. The lowest BCUT2D eigenvalue weighted by atomic mass is 10.3. The molecule has 1 aromatic carbocycles. The second-order valence-corrected chi connectivity index (χ2v) is 4.08. The summed E-state index contributed by atoms with van der Waals surface area (Å²) in [5.41, 5.74) is -0.226. The van der Waals surface area contributed by atoms with E-state index in [0.717, 1.165) is 12.1 Å². The highest BCUT2D eigenvalue weighted by molar-refractivity contribution is 6.29. The van der Waals surface area contributed by atoms with Gasteiger partial charge in [-0.2, -0.15) is 0 Å². The summed E-state index contributed by atoms with van der Waals surface area (Å²) in [5, 5.41) is 2.72. The second kappa shape index (κ2) is 5.44. The number of hydrogen-bond acceptors (Lipinski definition) is 3. The van der Waals surface area contributed by atoms with E-state index in [9.17, 15) is 13.2 Å². The van der Waals surface area contributed by atoms with E-state index in [-0.39, 0.29) is 16.7 Å². The molecule has 2 rings (SSSR count). The topological polar surface area (TPSA) is 37.8 Å². The van der Waals surface area contributed by atoms with E-state index in [0.29, 0.717) is 12.2 Å². The fraction of sp³-hybridized carbons (Fsp3) is 0.167. The third-order valence-electron chi connectivity index (χ3n) is 2.36. The number of anilines is 2. The van der Waals surface area contributed by atoms with Crippen LogP contribution in [0.2, 0.25) is 5.15 Å². The van der Waals surface area contributed by atoms with Crippen LogP contribution in [-0.2, 0) is 6.42 Å². The first-order chi connectivity index (χ1) is 9.01. The largest absolute Gasteiger partial charge is 0.338 e. The number of aryl methyl sites for hydroxylation is 1. The molecule has 2 aromatic rings. The highest BCUT2D eigenvalue weighted by atomic mass is 35.5. The van der Waals surface area contributed by atoms with Crippen LogP contribution in [0.15, 0.2) is 18.2 Å². The summed E-state index contributed by atoms with van der Waals surface area (Å²) in [7, 11) is 0. The van der Waals surface area contributed by atoms with E-state index < -0.39 is 17.5 Å². The van der Waals surface area contributed by atoms with Crippen LogP contribution < -0.4 is 5.32 Å². The highest BCUT2D eigenvalue weighted by Gasteiger charge is 2.14. The molecule has 0 spiro atoms. The van der Waals surface area contributed by atoms with Crippen LogP contribution in [0.5, 0.6) is 0 Å². The minimum atomic E-state index is -1.54. The monoisotopic (exact) mass is 287 g/mol. The van der Waals surface area contributed by atoms with Crippen LogP contribution >= 0.6 is 11.6 Å². The zero-order chi connectivity index (χ0) is 14.0. The number of rotatable bonds is 3. The Bertz CT molecular complexity index is 619. The van der Waals surface area contributed by atoms with Crippen molar-refractivity contribution < 1.29 is 13.2 Å². The molecule has 0 unspecified atom stereocenters. The molecule has 3 nitrogen and oxygen atoms in total. The molecule has 0 amide bonds. The predicted molar refractivity (Wildman–Crippen MR) is 66.0 cm³/mol. The van der Waals surface area contributed by atoms with Gasteiger partial charge in [0, 0.05) is 12.5 Å². The smallest absolute Gasteiger partial charge is 0.196 e. The van der Waals surface area contributed by atoms with E-state index in [1.54, 1.807) is 0 Å². The molecule has 7 heteroatoms. The lowest BCUT2D eigenvalue weighted by Gasteiger charge is -2.09. The Hall–Kier alpha value is -1.82. The molecule has 1 aromatic heterocycles. The molecule has 0 bridgehead atoms. The zero-order valence-electron chi connectivity index (χ0n) is 9.85. The van der Waals surface area contributed by atoms with Crippen LogP contribution in [0.25, 0.3) is 0 Å². The van der Waals surface area contributed by atoms with Gasteiger partial charge >= 0.3 is 0 Å². The first kappa shape index (κ1) is 13.6. The van der Waals surface area contributed by atoms with Gasteiger partial charge in [0.1, 0.15) is 16.8 Å². The second-order valence-electron chi connectivity index (χ2n) is 3.69. The maximum Gasteiger partial charge on any atom is 0.196 e. The van der Waals surface area contributed by atoms with Crippen LogP contribution in [0.1, 0.15) is 12.7 Å². The molecule has 0 aliphatic carbocycles. The predicted octanol–water partition coefficient (Wildman–Crippen LogP) is 3.85. The van der Waals surface area contributed by atoms with Crippen LogP contribution in [-0.4, -0.2) is 9.97 Å². The van der Waals surface area contributed by atoms with Gasteiger partial charge in [-0.05, 0) is 12.1 Å². The van der Waals surface area contributed by atoms with Gasteiger partial charge in [0.15, 0.2) is 17.5 Å². The number of benzene rings is 1. The lowest BCUT2D eigenvalue weighted by molar-refractivity contribution is 0.449. The number of nitrogens with zero attached hydrogens (tertiary/aromatic N) is 2. The van der Waals surface area contributed by atoms with Gasteiger partial charge in [-0.15, -0.1) is 0 Å². The maximum absolute atomic E-state index is 13.5. The Morgan fingerprint density at radius 1 is 1.16 bits per heavy atom. The molecule has 0 aliphatic heterocycles. The Labute approximate surface area is 112 Å². The number of aromatic nitrogens is 2. The molecule has 0 fully saturated rings. The third-order valence-corrected chi connectivity index (χ3v) is 2.55. The van der Waals surface area contributed by atoms with Crippen molar-refractivity contribution in [2.75, 3.05) is 5.32 Å². The summed E-state index contributed by atoms with van der Waals surface area (Å²) in [6.07, 6.45) is 0.537. The van der Waals surface area contributed by atoms with Gasteiger partial charge in [-0.1, -0.05) is 18.5 Å². The Balaban J connectivity index is 2.36. The van der Waals surface area contributed by atoms with E-state index in [1.807, 2.05) is 6.92 Å². The van der Waals surface area contributed by atoms with Crippen LogP contribution in [0, 0.1) is 17.5 Å². The number of hydrogen-bond donors (Lipinski definition) is 1. The van der Waals surface area contributed by atoms with Gasteiger partial charge in [-0.3, -0.25) is 0 Å². The van der Waals surface area contributed by atoms with Gasteiger partial charge in [0.05, 0.1) is 5.69 Å². The Kier molecular flexibility index (Phi) is 3.90. The normalized spacial score (nSPS) is 10.6. The minimum absolute atomic E-state index is 0.178. The first-order valence-electron chi connectivity index (χ1n) is 5.45. The fourth-order valence-corrected chi connectivity index (χ4v) is 1.65. The zero-order valence-corrected chi connectivity index (χ0v) is 10.6. The van der Waals surface area contributed by atoms with Gasteiger partial charge in [0.25, 0.3) is 0 Å².